The highest BCUT2D eigenvalue weighted by Crippen LogP contribution is 2.37. The Morgan fingerprint density at radius 3 is 2.25 bits per heavy atom. The van der Waals surface area contributed by atoms with Gasteiger partial charge >= 0.3 is 5.51 Å². The van der Waals surface area contributed by atoms with Crippen molar-refractivity contribution < 1.29 is 21.6 Å². The third kappa shape index (κ3) is 8.39. The molecule has 0 fully saturated rings. The maximum absolute atomic E-state index is 12.5. The van der Waals surface area contributed by atoms with Crippen LogP contribution in [0, 0.1) is 6.92 Å². The summed E-state index contributed by atoms with van der Waals surface area (Å²) in [6.45, 7) is 3.93. The summed E-state index contributed by atoms with van der Waals surface area (Å²) in [5.41, 5.74) is -3.29. The van der Waals surface area contributed by atoms with E-state index in [4.69, 9.17) is 0 Å². The molecule has 0 saturated carbocycles. The molecular weight excluding hydrogens is 359 g/mol. The van der Waals surface area contributed by atoms with E-state index in [1.807, 2.05) is 13.8 Å². The Hall–Kier alpha value is -0.730. The van der Waals surface area contributed by atoms with Crippen LogP contribution in [-0.2, 0) is 10.0 Å². The minimum atomic E-state index is -4.25. The Morgan fingerprint density at radius 2 is 1.71 bits per heavy atom. The third-order valence-electron chi connectivity index (χ3n) is 3.51. The lowest BCUT2D eigenvalue weighted by molar-refractivity contribution is -0.0335. The number of hydrogen-bond acceptors (Lipinski definition) is 3. The zero-order valence-corrected chi connectivity index (χ0v) is 15.5. The fraction of sp³-hybridized carbons (Fsp3) is 0.625. The number of hydrogen-bond donors (Lipinski definition) is 1. The average molecular weight is 384 g/mol. The quantitative estimate of drug-likeness (QED) is 0.587. The fourth-order valence-electron chi connectivity index (χ4n) is 2.22. The SMILES string of the molecule is CCCCC(CCCNS(=O)(=O)c1ccc(C)cc1)SC(F)(F)F. The van der Waals surface area contributed by atoms with Crippen LogP contribution in [0.5, 0.6) is 0 Å². The molecule has 0 spiro atoms. The molecule has 24 heavy (non-hydrogen) atoms. The highest BCUT2D eigenvalue weighted by atomic mass is 32.2. The van der Waals surface area contributed by atoms with Crippen molar-refractivity contribution in [1.29, 1.82) is 0 Å². The van der Waals surface area contributed by atoms with Crippen molar-refractivity contribution in [3.05, 3.63) is 29.8 Å². The number of sulfonamides is 1. The van der Waals surface area contributed by atoms with Gasteiger partial charge in [0.1, 0.15) is 0 Å². The molecule has 1 aromatic carbocycles. The number of thioether (sulfide) groups is 1. The molecule has 1 aromatic rings. The lowest BCUT2D eigenvalue weighted by Gasteiger charge is -2.18. The molecule has 0 radical (unpaired) electrons. The summed E-state index contributed by atoms with van der Waals surface area (Å²) in [5, 5.41) is -0.520. The topological polar surface area (TPSA) is 46.2 Å². The highest BCUT2D eigenvalue weighted by Gasteiger charge is 2.32. The summed E-state index contributed by atoms with van der Waals surface area (Å²) in [4.78, 5) is 0.167. The van der Waals surface area contributed by atoms with Gasteiger partial charge in [-0.25, -0.2) is 13.1 Å². The standard InChI is InChI=1S/C16H24F3NO2S2/c1-3-4-6-14(23-16(17,18)19)7-5-12-20-24(21,22)15-10-8-13(2)9-11-15/h8-11,14,20H,3-7,12H2,1-2H3. The van der Waals surface area contributed by atoms with Gasteiger partial charge in [-0.2, -0.15) is 13.2 Å². The molecule has 8 heteroatoms. The van der Waals surface area contributed by atoms with Crippen LogP contribution in [-0.4, -0.2) is 25.7 Å². The average Bonchev–Trinajstić information content (AvgIpc) is 2.48. The Kier molecular flexibility index (Phi) is 8.59. The summed E-state index contributed by atoms with van der Waals surface area (Å²) in [7, 11) is -3.61. The summed E-state index contributed by atoms with van der Waals surface area (Å²) >= 11 is 0.0205. The molecule has 0 saturated heterocycles. The first-order valence-corrected chi connectivity index (χ1v) is 10.3. The van der Waals surface area contributed by atoms with Crippen LogP contribution in [0.3, 0.4) is 0 Å². The molecule has 0 amide bonds. The van der Waals surface area contributed by atoms with E-state index in [1.54, 1.807) is 12.1 Å². The predicted octanol–water partition coefficient (Wildman–Crippen LogP) is 4.87. The second-order valence-electron chi connectivity index (χ2n) is 5.68. The molecule has 1 unspecified atom stereocenters. The van der Waals surface area contributed by atoms with Gasteiger partial charge in [0, 0.05) is 11.8 Å². The normalized spacial score (nSPS) is 13.9. The Morgan fingerprint density at radius 1 is 1.12 bits per heavy atom. The van der Waals surface area contributed by atoms with Gasteiger partial charge in [0.25, 0.3) is 0 Å². The van der Waals surface area contributed by atoms with E-state index in [0.717, 1.165) is 18.4 Å². The first kappa shape index (κ1) is 21.3. The maximum Gasteiger partial charge on any atom is 0.442 e. The van der Waals surface area contributed by atoms with Crippen molar-refractivity contribution in [2.45, 2.75) is 61.6 Å². The number of benzene rings is 1. The van der Waals surface area contributed by atoms with Gasteiger partial charge in [-0.15, -0.1) is 0 Å². The maximum atomic E-state index is 12.5. The van der Waals surface area contributed by atoms with E-state index < -0.39 is 20.8 Å². The van der Waals surface area contributed by atoms with Crippen LogP contribution in [0.15, 0.2) is 29.2 Å². The molecule has 1 rings (SSSR count). The van der Waals surface area contributed by atoms with Gasteiger partial charge < -0.3 is 0 Å². The van der Waals surface area contributed by atoms with E-state index in [2.05, 4.69) is 4.72 Å². The van der Waals surface area contributed by atoms with Crippen molar-refractivity contribution >= 4 is 21.8 Å². The summed E-state index contributed by atoms with van der Waals surface area (Å²) in [5.74, 6) is 0. The Bertz CT molecular complexity index is 586. The van der Waals surface area contributed by atoms with Crippen LogP contribution in [0.1, 0.15) is 44.6 Å². The summed E-state index contributed by atoms with van der Waals surface area (Å²) in [6, 6.07) is 6.44. The minimum Gasteiger partial charge on any atom is -0.211 e. The molecule has 0 aliphatic heterocycles. The van der Waals surface area contributed by atoms with Gasteiger partial charge in [-0.05, 0) is 50.1 Å². The Balaban J connectivity index is 2.47. The largest absolute Gasteiger partial charge is 0.442 e. The van der Waals surface area contributed by atoms with Crippen molar-refractivity contribution in [1.82, 2.24) is 4.72 Å². The van der Waals surface area contributed by atoms with Crippen molar-refractivity contribution in [3.63, 3.8) is 0 Å². The van der Waals surface area contributed by atoms with Gasteiger partial charge in [0.15, 0.2) is 0 Å². The Labute approximate surface area is 146 Å². The lowest BCUT2D eigenvalue weighted by Crippen LogP contribution is -2.25. The molecule has 0 bridgehead atoms. The van der Waals surface area contributed by atoms with Crippen LogP contribution < -0.4 is 4.72 Å². The first-order chi connectivity index (χ1) is 11.1. The second kappa shape index (κ2) is 9.68. The van der Waals surface area contributed by atoms with Crippen molar-refractivity contribution in [2.75, 3.05) is 6.54 Å². The lowest BCUT2D eigenvalue weighted by atomic mass is 10.1. The zero-order valence-electron chi connectivity index (χ0n) is 13.9. The minimum absolute atomic E-state index is 0.0205. The van der Waals surface area contributed by atoms with Gasteiger partial charge in [0.05, 0.1) is 4.90 Å². The number of halogens is 3. The van der Waals surface area contributed by atoms with E-state index in [0.29, 0.717) is 19.3 Å². The zero-order chi connectivity index (χ0) is 18.2. The number of aryl methyl sites for hydroxylation is 1. The fourth-order valence-corrected chi connectivity index (χ4v) is 4.24. The van der Waals surface area contributed by atoms with E-state index in [-0.39, 0.29) is 23.2 Å². The van der Waals surface area contributed by atoms with Crippen LogP contribution in [0.4, 0.5) is 13.2 Å². The van der Waals surface area contributed by atoms with Gasteiger partial charge in [0.2, 0.25) is 10.0 Å². The van der Waals surface area contributed by atoms with Gasteiger partial charge in [-0.3, -0.25) is 0 Å². The molecule has 0 aliphatic rings. The molecule has 3 nitrogen and oxygen atoms in total. The van der Waals surface area contributed by atoms with Crippen LogP contribution >= 0.6 is 11.8 Å². The monoisotopic (exact) mass is 383 g/mol. The molecule has 0 aliphatic carbocycles. The van der Waals surface area contributed by atoms with Crippen LogP contribution in [0.25, 0.3) is 0 Å². The van der Waals surface area contributed by atoms with Crippen LogP contribution in [0.2, 0.25) is 0 Å². The molecular formula is C16H24F3NO2S2. The molecule has 1 N–H and O–H groups in total. The summed E-state index contributed by atoms with van der Waals surface area (Å²) in [6.07, 6.45) is 2.78. The third-order valence-corrected chi connectivity index (χ3v) is 6.06. The van der Waals surface area contributed by atoms with E-state index in [9.17, 15) is 21.6 Å². The number of nitrogens with one attached hydrogen (secondary N) is 1. The van der Waals surface area contributed by atoms with Crippen molar-refractivity contribution in [3.8, 4) is 0 Å². The summed E-state index contributed by atoms with van der Waals surface area (Å²) < 4.78 is 64.2. The highest BCUT2D eigenvalue weighted by molar-refractivity contribution is 8.00. The number of rotatable bonds is 10. The second-order valence-corrected chi connectivity index (χ2v) is 8.81. The number of unbranched alkanes of at least 4 members (excludes halogenated alkanes) is 1. The van der Waals surface area contributed by atoms with Gasteiger partial charge in [-0.1, -0.05) is 37.5 Å². The molecule has 0 heterocycles. The van der Waals surface area contributed by atoms with E-state index in [1.165, 1.54) is 12.1 Å². The van der Waals surface area contributed by atoms with E-state index >= 15 is 0 Å². The number of alkyl halides is 3. The molecule has 1 atom stereocenters. The first-order valence-electron chi connectivity index (χ1n) is 7.95. The molecule has 138 valence electrons. The van der Waals surface area contributed by atoms with Crippen molar-refractivity contribution in [2.24, 2.45) is 0 Å². The predicted molar refractivity (Wildman–Crippen MR) is 92.6 cm³/mol. The smallest absolute Gasteiger partial charge is 0.211 e. The molecule has 0 aromatic heterocycles.